The number of rotatable bonds is 0. The summed E-state index contributed by atoms with van der Waals surface area (Å²) in [6.45, 7) is 0. The van der Waals surface area contributed by atoms with Crippen molar-refractivity contribution >= 4 is 0 Å². The molecule has 0 aromatic rings. The lowest BCUT2D eigenvalue weighted by molar-refractivity contribution is 0.754. The van der Waals surface area contributed by atoms with Gasteiger partial charge in [-0.3, -0.25) is 0 Å². The van der Waals surface area contributed by atoms with Crippen molar-refractivity contribution in [2.24, 2.45) is 0 Å². The standard InChI is InChI=1S/C22H25/c1-2-4-6-8-10-12-14-16-18-20-22-21-19-17-15-13-11-9-7-5-3-1/h1-17H,18,20-22H2/b3-1+,4-2-,7-5+,8-6+,11-9+,12-10+,15-13-,16-14+,19-17?. The minimum absolute atomic E-state index is 1.03. The van der Waals surface area contributed by atoms with Gasteiger partial charge in [0.1, 0.15) is 0 Å². The molecule has 0 saturated carbocycles. The second-order valence-corrected chi connectivity index (χ2v) is 4.74. The quantitative estimate of drug-likeness (QED) is 0.486. The van der Waals surface area contributed by atoms with Crippen LogP contribution in [-0.4, -0.2) is 0 Å². The van der Waals surface area contributed by atoms with Crippen LogP contribution in [0.5, 0.6) is 0 Å². The van der Waals surface area contributed by atoms with Gasteiger partial charge < -0.3 is 0 Å². The maximum Gasteiger partial charge on any atom is -0.0276 e. The molecule has 0 nitrogen and oxygen atoms in total. The first-order valence-electron chi connectivity index (χ1n) is 7.88. The lowest BCUT2D eigenvalue weighted by atomic mass is 10.2. The second kappa shape index (κ2) is 15.1. The van der Waals surface area contributed by atoms with E-state index in [1.165, 1.54) is 12.8 Å². The van der Waals surface area contributed by atoms with E-state index in [9.17, 15) is 0 Å². The first kappa shape index (κ1) is 17.7. The Labute approximate surface area is 135 Å². The number of allylic oxidation sites excluding steroid dienone is 18. The van der Waals surface area contributed by atoms with Gasteiger partial charge in [0.15, 0.2) is 0 Å². The van der Waals surface area contributed by atoms with E-state index in [4.69, 9.17) is 0 Å². The van der Waals surface area contributed by atoms with Gasteiger partial charge in [-0.2, -0.15) is 0 Å². The Morgan fingerprint density at radius 1 is 0.455 bits per heavy atom. The van der Waals surface area contributed by atoms with Crippen LogP contribution in [0.2, 0.25) is 0 Å². The average Bonchev–Trinajstić information content (AvgIpc) is 2.53. The fourth-order valence-electron chi connectivity index (χ4n) is 1.70. The highest BCUT2D eigenvalue weighted by Gasteiger charge is 1.82. The topological polar surface area (TPSA) is 0 Å². The largest absolute Gasteiger partial charge is 0.0845 e. The van der Waals surface area contributed by atoms with Crippen LogP contribution in [0.1, 0.15) is 25.7 Å². The summed E-state index contributed by atoms with van der Waals surface area (Å²) in [4.78, 5) is 0. The summed E-state index contributed by atoms with van der Waals surface area (Å²) in [6, 6.07) is 0. The zero-order chi connectivity index (χ0) is 15.6. The highest BCUT2D eigenvalue weighted by Crippen LogP contribution is 2.01. The summed E-state index contributed by atoms with van der Waals surface area (Å²) in [5, 5.41) is 0. The van der Waals surface area contributed by atoms with E-state index in [-0.39, 0.29) is 0 Å². The Balaban J connectivity index is 2.53. The first-order chi connectivity index (χ1) is 11.0. The summed E-state index contributed by atoms with van der Waals surface area (Å²) in [7, 11) is 0. The predicted molar refractivity (Wildman–Crippen MR) is 99.4 cm³/mol. The number of hydrogen-bond donors (Lipinski definition) is 0. The molecule has 1 rings (SSSR count). The van der Waals surface area contributed by atoms with E-state index in [2.05, 4.69) is 24.3 Å². The molecule has 0 atom stereocenters. The molecule has 0 fully saturated rings. The van der Waals surface area contributed by atoms with Gasteiger partial charge in [-0.1, -0.05) is 103 Å². The van der Waals surface area contributed by atoms with Gasteiger partial charge in [0.05, 0.1) is 0 Å². The third-order valence-corrected chi connectivity index (χ3v) is 2.85. The lowest BCUT2D eigenvalue weighted by Crippen LogP contribution is -1.72. The van der Waals surface area contributed by atoms with Crippen LogP contribution < -0.4 is 0 Å². The van der Waals surface area contributed by atoms with Crippen molar-refractivity contribution in [2.75, 3.05) is 0 Å². The summed E-state index contributed by atoms with van der Waals surface area (Å²) >= 11 is 0. The van der Waals surface area contributed by atoms with E-state index in [0.29, 0.717) is 0 Å². The third kappa shape index (κ3) is 12.7. The van der Waals surface area contributed by atoms with E-state index in [1.54, 1.807) is 0 Å². The third-order valence-electron chi connectivity index (χ3n) is 2.85. The smallest absolute Gasteiger partial charge is 0.0276 e. The van der Waals surface area contributed by atoms with Gasteiger partial charge in [0, 0.05) is 0 Å². The summed E-state index contributed by atoms with van der Waals surface area (Å²) in [6.07, 6.45) is 42.5. The Bertz CT molecular complexity index is 466. The zero-order valence-corrected chi connectivity index (χ0v) is 13.1. The maximum atomic E-state index is 3.29. The Hall–Kier alpha value is -2.34. The zero-order valence-electron chi connectivity index (χ0n) is 13.1. The Kier molecular flexibility index (Phi) is 12.1. The molecule has 1 aliphatic carbocycles. The minimum atomic E-state index is 1.03. The van der Waals surface area contributed by atoms with Gasteiger partial charge in [-0.05, 0) is 31.8 Å². The van der Waals surface area contributed by atoms with Gasteiger partial charge in [-0.15, -0.1) is 0 Å². The van der Waals surface area contributed by atoms with Crippen LogP contribution in [0.3, 0.4) is 0 Å². The molecule has 0 N–H and O–H groups in total. The van der Waals surface area contributed by atoms with Gasteiger partial charge in [-0.25, -0.2) is 0 Å². The SMILES string of the molecule is [C]1=C/C=C\C=C\C=C\C=C\C=C/C=C/C=C/C=C/CCCC/1. The van der Waals surface area contributed by atoms with Crippen molar-refractivity contribution in [1.82, 2.24) is 0 Å². The molecular formula is C22H25. The molecule has 0 aliphatic heterocycles. The molecular weight excluding hydrogens is 264 g/mol. The Morgan fingerprint density at radius 3 is 1.45 bits per heavy atom. The molecule has 0 saturated heterocycles. The molecule has 0 spiro atoms. The Morgan fingerprint density at radius 2 is 0.909 bits per heavy atom. The molecule has 0 heterocycles. The summed E-state index contributed by atoms with van der Waals surface area (Å²) < 4.78 is 0. The first-order valence-corrected chi connectivity index (χ1v) is 7.88. The average molecular weight is 289 g/mol. The molecule has 22 heavy (non-hydrogen) atoms. The normalized spacial score (nSPS) is 30.5. The number of hydrogen-bond acceptors (Lipinski definition) is 0. The van der Waals surface area contributed by atoms with Gasteiger partial charge in [0.2, 0.25) is 0 Å². The highest BCUT2D eigenvalue weighted by atomic mass is 13.9. The molecule has 113 valence electrons. The fourth-order valence-corrected chi connectivity index (χ4v) is 1.70. The van der Waals surface area contributed by atoms with E-state index in [1.807, 2.05) is 85.1 Å². The molecule has 0 aromatic carbocycles. The maximum absolute atomic E-state index is 3.29. The summed E-state index contributed by atoms with van der Waals surface area (Å²) in [5.74, 6) is 0. The van der Waals surface area contributed by atoms with Crippen LogP contribution in [0.25, 0.3) is 0 Å². The molecule has 0 bridgehead atoms. The molecule has 0 amide bonds. The van der Waals surface area contributed by atoms with E-state index >= 15 is 0 Å². The molecule has 0 unspecified atom stereocenters. The molecule has 1 aliphatic rings. The van der Waals surface area contributed by atoms with Crippen molar-refractivity contribution < 1.29 is 0 Å². The van der Waals surface area contributed by atoms with E-state index < -0.39 is 0 Å². The summed E-state index contributed by atoms with van der Waals surface area (Å²) in [5.41, 5.74) is 0. The van der Waals surface area contributed by atoms with Crippen LogP contribution in [0.4, 0.5) is 0 Å². The van der Waals surface area contributed by atoms with Gasteiger partial charge in [0.25, 0.3) is 0 Å². The van der Waals surface area contributed by atoms with E-state index in [0.717, 1.165) is 12.8 Å². The monoisotopic (exact) mass is 289 g/mol. The second-order valence-electron chi connectivity index (χ2n) is 4.74. The van der Waals surface area contributed by atoms with Crippen LogP contribution >= 0.6 is 0 Å². The van der Waals surface area contributed by atoms with Gasteiger partial charge >= 0.3 is 0 Å². The van der Waals surface area contributed by atoms with Crippen LogP contribution in [0, 0.1) is 6.08 Å². The molecule has 0 aromatic heterocycles. The fraction of sp³-hybridized carbons (Fsp3) is 0.182. The predicted octanol–water partition coefficient (Wildman–Crippen LogP) is 6.37. The van der Waals surface area contributed by atoms with Crippen molar-refractivity contribution in [2.45, 2.75) is 25.7 Å². The minimum Gasteiger partial charge on any atom is -0.0845 e. The van der Waals surface area contributed by atoms with Crippen molar-refractivity contribution in [3.8, 4) is 0 Å². The molecule has 1 radical (unpaired) electrons. The lowest BCUT2D eigenvalue weighted by Gasteiger charge is -1.91. The van der Waals surface area contributed by atoms with Crippen molar-refractivity contribution in [3.05, 3.63) is 109 Å². The highest BCUT2D eigenvalue weighted by molar-refractivity contribution is 5.21. The molecule has 0 heteroatoms. The van der Waals surface area contributed by atoms with Crippen molar-refractivity contribution in [3.63, 3.8) is 0 Å². The van der Waals surface area contributed by atoms with Crippen LogP contribution in [0.15, 0.2) is 103 Å². The van der Waals surface area contributed by atoms with Crippen molar-refractivity contribution in [1.29, 1.82) is 0 Å². The van der Waals surface area contributed by atoms with Crippen LogP contribution in [-0.2, 0) is 0 Å².